The molecule has 0 aromatic heterocycles. The summed E-state index contributed by atoms with van der Waals surface area (Å²) in [7, 11) is -3.63. The van der Waals surface area contributed by atoms with E-state index < -0.39 is 15.8 Å². The van der Waals surface area contributed by atoms with Crippen molar-refractivity contribution in [2.24, 2.45) is 0 Å². The summed E-state index contributed by atoms with van der Waals surface area (Å²) in [6.45, 7) is 1.57. The molecule has 100 valence electrons. The molecule has 2 atom stereocenters. The number of benzene rings is 1. The van der Waals surface area contributed by atoms with Gasteiger partial charge < -0.3 is 0 Å². The molecule has 18 heavy (non-hydrogen) atoms. The van der Waals surface area contributed by atoms with Crippen LogP contribution in [0.3, 0.4) is 0 Å². The molecule has 0 spiro atoms. The molecule has 0 radical (unpaired) electrons. The molecule has 0 amide bonds. The molecule has 1 N–H and O–H groups in total. The Morgan fingerprint density at radius 3 is 2.67 bits per heavy atom. The predicted octanol–water partition coefficient (Wildman–Crippen LogP) is 2.57. The highest BCUT2D eigenvalue weighted by atomic mass is 35.5. The van der Waals surface area contributed by atoms with E-state index in [2.05, 4.69) is 4.72 Å². The summed E-state index contributed by atoms with van der Waals surface area (Å²) in [6, 6.07) is 3.40. The summed E-state index contributed by atoms with van der Waals surface area (Å²) >= 11 is 6.05. The Bertz CT molecular complexity index is 547. The van der Waals surface area contributed by atoms with Crippen LogP contribution < -0.4 is 4.72 Å². The zero-order valence-corrected chi connectivity index (χ0v) is 11.6. The van der Waals surface area contributed by atoms with Crippen molar-refractivity contribution < 1.29 is 12.8 Å². The number of rotatable bonds is 3. The Hall–Kier alpha value is -0.650. The van der Waals surface area contributed by atoms with Crippen molar-refractivity contribution in [1.82, 2.24) is 4.72 Å². The Balaban J connectivity index is 2.25. The molecule has 2 rings (SSSR count). The van der Waals surface area contributed by atoms with Gasteiger partial charge in [0.05, 0.1) is 4.90 Å². The molecule has 1 aromatic carbocycles. The molecule has 3 nitrogen and oxygen atoms in total. The van der Waals surface area contributed by atoms with Gasteiger partial charge in [-0.25, -0.2) is 17.5 Å². The van der Waals surface area contributed by atoms with Crippen LogP contribution in [0, 0.1) is 12.7 Å². The molecule has 0 aliphatic heterocycles. The molecule has 1 aliphatic rings. The van der Waals surface area contributed by atoms with Gasteiger partial charge in [0, 0.05) is 11.4 Å². The lowest BCUT2D eigenvalue weighted by Crippen LogP contribution is -2.38. The number of halogens is 2. The minimum atomic E-state index is -3.63. The van der Waals surface area contributed by atoms with E-state index in [1.54, 1.807) is 6.92 Å². The van der Waals surface area contributed by atoms with Crippen LogP contribution in [-0.4, -0.2) is 19.8 Å². The van der Waals surface area contributed by atoms with Crippen molar-refractivity contribution >= 4 is 21.6 Å². The number of nitrogens with one attached hydrogen (secondary N) is 1. The van der Waals surface area contributed by atoms with Gasteiger partial charge in [0.1, 0.15) is 5.82 Å². The highest BCUT2D eigenvalue weighted by molar-refractivity contribution is 7.89. The van der Waals surface area contributed by atoms with Crippen LogP contribution in [0.15, 0.2) is 23.1 Å². The van der Waals surface area contributed by atoms with Crippen LogP contribution in [0.2, 0.25) is 0 Å². The van der Waals surface area contributed by atoms with Crippen molar-refractivity contribution in [2.75, 3.05) is 0 Å². The second-order valence-electron chi connectivity index (χ2n) is 4.58. The van der Waals surface area contributed by atoms with E-state index >= 15 is 0 Å². The van der Waals surface area contributed by atoms with Crippen LogP contribution in [0.1, 0.15) is 24.8 Å². The lowest BCUT2D eigenvalue weighted by molar-refractivity contribution is 0.552. The molecule has 0 heterocycles. The first-order valence-electron chi connectivity index (χ1n) is 5.83. The van der Waals surface area contributed by atoms with Crippen LogP contribution in [0.4, 0.5) is 4.39 Å². The summed E-state index contributed by atoms with van der Waals surface area (Å²) in [5.41, 5.74) is 0.395. The van der Waals surface area contributed by atoms with E-state index in [1.165, 1.54) is 12.1 Å². The first kappa shape index (κ1) is 13.8. The first-order valence-corrected chi connectivity index (χ1v) is 7.74. The van der Waals surface area contributed by atoms with Gasteiger partial charge >= 0.3 is 0 Å². The minimum Gasteiger partial charge on any atom is -0.207 e. The van der Waals surface area contributed by atoms with Crippen LogP contribution in [-0.2, 0) is 10.0 Å². The standard InChI is InChI=1S/C12H15ClFNO2S/c1-8-7-9(14)5-6-12(8)18(16,17)15-11-4-2-3-10(11)13/h5-7,10-11,15H,2-4H2,1H3. The minimum absolute atomic E-state index is 0.111. The molecule has 0 saturated heterocycles. The van der Waals surface area contributed by atoms with E-state index in [-0.39, 0.29) is 16.3 Å². The third-order valence-electron chi connectivity index (χ3n) is 3.16. The van der Waals surface area contributed by atoms with E-state index in [1.807, 2.05) is 0 Å². The fraction of sp³-hybridized carbons (Fsp3) is 0.500. The number of aryl methyl sites for hydroxylation is 1. The molecular weight excluding hydrogens is 277 g/mol. The van der Waals surface area contributed by atoms with Gasteiger partial charge in [-0.2, -0.15) is 0 Å². The summed E-state index contributed by atoms with van der Waals surface area (Å²) < 4.78 is 39.9. The van der Waals surface area contributed by atoms with E-state index in [4.69, 9.17) is 11.6 Å². The van der Waals surface area contributed by atoms with Crippen LogP contribution in [0.25, 0.3) is 0 Å². The molecule has 1 saturated carbocycles. The summed E-state index contributed by atoms with van der Waals surface area (Å²) in [6.07, 6.45) is 2.48. The summed E-state index contributed by atoms with van der Waals surface area (Å²) in [4.78, 5) is 0.111. The Morgan fingerprint density at radius 2 is 2.11 bits per heavy atom. The molecule has 1 fully saturated rings. The average molecular weight is 292 g/mol. The zero-order valence-electron chi connectivity index (χ0n) is 9.99. The summed E-state index contributed by atoms with van der Waals surface area (Å²) in [5, 5.41) is -0.166. The van der Waals surface area contributed by atoms with Crippen molar-refractivity contribution in [3.63, 3.8) is 0 Å². The Morgan fingerprint density at radius 1 is 1.39 bits per heavy atom. The smallest absolute Gasteiger partial charge is 0.207 e. The van der Waals surface area contributed by atoms with Crippen molar-refractivity contribution in [3.8, 4) is 0 Å². The van der Waals surface area contributed by atoms with Crippen LogP contribution in [0.5, 0.6) is 0 Å². The second kappa shape index (κ2) is 5.15. The maximum atomic E-state index is 13.0. The third kappa shape index (κ3) is 2.84. The number of hydrogen-bond acceptors (Lipinski definition) is 2. The highest BCUT2D eigenvalue weighted by Gasteiger charge is 2.30. The lowest BCUT2D eigenvalue weighted by atomic mass is 10.2. The molecule has 1 aromatic rings. The topological polar surface area (TPSA) is 46.2 Å². The maximum Gasteiger partial charge on any atom is 0.241 e. The Kier molecular flexibility index (Phi) is 3.94. The summed E-state index contributed by atoms with van der Waals surface area (Å²) in [5.74, 6) is -0.442. The first-order chi connectivity index (χ1) is 8.40. The van der Waals surface area contributed by atoms with Gasteiger partial charge in [0.25, 0.3) is 0 Å². The SMILES string of the molecule is Cc1cc(F)ccc1S(=O)(=O)NC1CCCC1Cl. The normalized spacial score (nSPS) is 24.4. The lowest BCUT2D eigenvalue weighted by Gasteiger charge is -2.17. The highest BCUT2D eigenvalue weighted by Crippen LogP contribution is 2.26. The number of alkyl halides is 1. The van der Waals surface area contributed by atoms with Gasteiger partial charge in [-0.3, -0.25) is 0 Å². The number of hydrogen-bond donors (Lipinski definition) is 1. The van der Waals surface area contributed by atoms with Crippen molar-refractivity contribution in [1.29, 1.82) is 0 Å². The third-order valence-corrected chi connectivity index (χ3v) is 5.34. The zero-order chi connectivity index (χ0) is 13.3. The molecular formula is C12H15ClFNO2S. The van der Waals surface area contributed by atoms with Crippen molar-refractivity contribution in [2.45, 2.75) is 42.5 Å². The van der Waals surface area contributed by atoms with Gasteiger partial charge in [-0.15, -0.1) is 11.6 Å². The Labute approximate surface area is 111 Å². The van der Waals surface area contributed by atoms with E-state index in [0.29, 0.717) is 5.56 Å². The maximum absolute atomic E-state index is 13.0. The van der Waals surface area contributed by atoms with Gasteiger partial charge in [-0.05, 0) is 43.5 Å². The van der Waals surface area contributed by atoms with Gasteiger partial charge in [-0.1, -0.05) is 6.42 Å². The van der Waals surface area contributed by atoms with E-state index in [9.17, 15) is 12.8 Å². The molecule has 2 unspecified atom stereocenters. The quantitative estimate of drug-likeness (QED) is 0.870. The van der Waals surface area contributed by atoms with Crippen LogP contribution >= 0.6 is 11.6 Å². The van der Waals surface area contributed by atoms with Gasteiger partial charge in [0.2, 0.25) is 10.0 Å². The number of sulfonamides is 1. The fourth-order valence-electron chi connectivity index (χ4n) is 2.22. The predicted molar refractivity (Wildman–Crippen MR) is 68.7 cm³/mol. The monoisotopic (exact) mass is 291 g/mol. The average Bonchev–Trinajstić information content (AvgIpc) is 2.63. The van der Waals surface area contributed by atoms with Gasteiger partial charge in [0.15, 0.2) is 0 Å². The fourth-order valence-corrected chi connectivity index (χ4v) is 4.18. The largest absolute Gasteiger partial charge is 0.241 e. The van der Waals surface area contributed by atoms with E-state index in [0.717, 1.165) is 25.3 Å². The molecule has 1 aliphatic carbocycles. The second-order valence-corrected chi connectivity index (χ2v) is 6.83. The van der Waals surface area contributed by atoms with Crippen molar-refractivity contribution in [3.05, 3.63) is 29.6 Å². The molecule has 0 bridgehead atoms. The molecule has 6 heteroatoms.